The number of rotatable bonds is 4. The number of hydrogen-bond donors (Lipinski definition) is 2. The van der Waals surface area contributed by atoms with E-state index in [4.69, 9.17) is 11.0 Å². The third-order valence-corrected chi connectivity index (χ3v) is 3.15. The van der Waals surface area contributed by atoms with Crippen molar-refractivity contribution in [1.82, 2.24) is 0 Å². The maximum atomic E-state index is 13.4. The van der Waals surface area contributed by atoms with Crippen LogP contribution in [0.25, 0.3) is 0 Å². The fourth-order valence-electron chi connectivity index (χ4n) is 1.41. The van der Waals surface area contributed by atoms with E-state index in [-0.39, 0.29) is 23.7 Å². The number of amides is 1. The lowest BCUT2D eigenvalue weighted by Crippen LogP contribution is -2.39. The Bertz CT molecular complexity index is 489. The summed E-state index contributed by atoms with van der Waals surface area (Å²) in [6.45, 7) is 3.77. The minimum atomic E-state index is -0.723. The molecule has 0 saturated carbocycles. The number of benzene rings is 1. The van der Waals surface area contributed by atoms with Gasteiger partial charge in [-0.05, 0) is 25.5 Å². The quantitative estimate of drug-likeness (QED) is 0.856. The van der Waals surface area contributed by atoms with E-state index in [2.05, 4.69) is 5.32 Å². The zero-order valence-corrected chi connectivity index (χ0v) is 10.5. The van der Waals surface area contributed by atoms with Crippen LogP contribution < -0.4 is 11.1 Å². The molecule has 5 heteroatoms. The number of carbonyl (C=O) groups excluding carboxylic acids is 1. The minimum absolute atomic E-state index is 0.165. The summed E-state index contributed by atoms with van der Waals surface area (Å²) in [7, 11) is 0. The molecule has 4 nitrogen and oxygen atoms in total. The van der Waals surface area contributed by atoms with Crippen LogP contribution in [0.2, 0.25) is 0 Å². The zero-order chi connectivity index (χ0) is 13.8. The maximum Gasteiger partial charge on any atom is 0.231 e. The standard InChI is InChI=1S/C13H16FN3O/c1-3-13(2,8-16)12(18)17-11-6-4-5-10(14)9(11)7-15/h4-6H,3,8,16H2,1-2H3,(H,17,18). The Morgan fingerprint density at radius 1 is 1.61 bits per heavy atom. The van der Waals surface area contributed by atoms with E-state index in [1.54, 1.807) is 13.0 Å². The van der Waals surface area contributed by atoms with Crippen molar-refractivity contribution in [3.8, 4) is 6.07 Å². The van der Waals surface area contributed by atoms with Gasteiger partial charge in [0.2, 0.25) is 5.91 Å². The first kappa shape index (κ1) is 14.1. The summed E-state index contributed by atoms with van der Waals surface area (Å²) in [5.41, 5.74) is 4.86. The van der Waals surface area contributed by atoms with Crippen molar-refractivity contribution in [3.05, 3.63) is 29.6 Å². The molecule has 0 aromatic heterocycles. The molecule has 1 aromatic carbocycles. The molecule has 1 atom stereocenters. The van der Waals surface area contributed by atoms with Crippen LogP contribution in [-0.4, -0.2) is 12.5 Å². The van der Waals surface area contributed by atoms with Crippen LogP contribution in [0.5, 0.6) is 0 Å². The Kier molecular flexibility index (Phi) is 4.40. The summed E-state index contributed by atoms with van der Waals surface area (Å²) < 4.78 is 13.4. The smallest absolute Gasteiger partial charge is 0.231 e. The summed E-state index contributed by atoms with van der Waals surface area (Å²) in [5.74, 6) is -0.962. The normalized spacial score (nSPS) is 13.5. The Hall–Kier alpha value is -1.93. The van der Waals surface area contributed by atoms with Gasteiger partial charge in [-0.2, -0.15) is 5.26 Å². The molecule has 0 aliphatic heterocycles. The number of nitrogens with zero attached hydrogens (tertiary/aromatic N) is 1. The van der Waals surface area contributed by atoms with Crippen LogP contribution >= 0.6 is 0 Å². The highest BCUT2D eigenvalue weighted by atomic mass is 19.1. The highest BCUT2D eigenvalue weighted by Crippen LogP contribution is 2.24. The van der Waals surface area contributed by atoms with Gasteiger partial charge in [0, 0.05) is 6.54 Å². The average Bonchev–Trinajstić information content (AvgIpc) is 2.38. The van der Waals surface area contributed by atoms with Crippen molar-refractivity contribution >= 4 is 11.6 Å². The molecular weight excluding hydrogens is 233 g/mol. The predicted molar refractivity (Wildman–Crippen MR) is 67.2 cm³/mol. The van der Waals surface area contributed by atoms with Crippen LogP contribution in [0.4, 0.5) is 10.1 Å². The van der Waals surface area contributed by atoms with Crippen molar-refractivity contribution in [2.45, 2.75) is 20.3 Å². The van der Waals surface area contributed by atoms with Crippen LogP contribution in [0, 0.1) is 22.6 Å². The second-order valence-electron chi connectivity index (χ2n) is 4.35. The molecule has 18 heavy (non-hydrogen) atoms. The molecule has 0 aliphatic carbocycles. The number of nitrogens with one attached hydrogen (secondary N) is 1. The molecule has 3 N–H and O–H groups in total. The molecular formula is C13H16FN3O. The molecule has 1 unspecified atom stereocenters. The van der Waals surface area contributed by atoms with Gasteiger partial charge in [0.15, 0.2) is 0 Å². The fraction of sp³-hybridized carbons (Fsp3) is 0.385. The third kappa shape index (κ3) is 2.66. The Balaban J connectivity index is 3.03. The number of anilines is 1. The SMILES string of the molecule is CCC(C)(CN)C(=O)Nc1cccc(F)c1C#N. The largest absolute Gasteiger partial charge is 0.329 e. The molecule has 0 fully saturated rings. The molecule has 0 saturated heterocycles. The van der Waals surface area contributed by atoms with Gasteiger partial charge in [-0.3, -0.25) is 4.79 Å². The van der Waals surface area contributed by atoms with Crippen molar-refractivity contribution in [2.75, 3.05) is 11.9 Å². The number of nitrogens with two attached hydrogens (primary N) is 1. The summed E-state index contributed by atoms with van der Waals surface area (Å²) in [6.07, 6.45) is 0.562. The van der Waals surface area contributed by atoms with Crippen LogP contribution in [0.1, 0.15) is 25.8 Å². The first-order valence-electron chi connectivity index (χ1n) is 5.68. The maximum absolute atomic E-state index is 13.4. The number of nitriles is 1. The molecule has 0 spiro atoms. The Morgan fingerprint density at radius 2 is 2.28 bits per heavy atom. The van der Waals surface area contributed by atoms with E-state index in [0.717, 1.165) is 0 Å². The summed E-state index contributed by atoms with van der Waals surface area (Å²) in [5, 5.41) is 11.4. The van der Waals surface area contributed by atoms with Crippen LogP contribution in [-0.2, 0) is 4.79 Å². The van der Waals surface area contributed by atoms with E-state index in [0.29, 0.717) is 6.42 Å². The fourth-order valence-corrected chi connectivity index (χ4v) is 1.41. The summed E-state index contributed by atoms with van der Waals surface area (Å²) in [6, 6.07) is 5.85. The number of carbonyl (C=O) groups is 1. The van der Waals surface area contributed by atoms with Gasteiger partial charge in [-0.15, -0.1) is 0 Å². The number of halogens is 1. The molecule has 96 valence electrons. The van der Waals surface area contributed by atoms with Crippen LogP contribution in [0.3, 0.4) is 0 Å². The lowest BCUT2D eigenvalue weighted by atomic mass is 9.86. The molecule has 1 aromatic rings. The van der Waals surface area contributed by atoms with E-state index in [9.17, 15) is 9.18 Å². The summed E-state index contributed by atoms with van der Waals surface area (Å²) in [4.78, 5) is 12.1. The van der Waals surface area contributed by atoms with Gasteiger partial charge in [0.1, 0.15) is 17.4 Å². The van der Waals surface area contributed by atoms with Crippen molar-refractivity contribution in [3.63, 3.8) is 0 Å². The molecule has 0 radical (unpaired) electrons. The second kappa shape index (κ2) is 5.61. The molecule has 1 rings (SSSR count). The molecule has 0 heterocycles. The second-order valence-corrected chi connectivity index (χ2v) is 4.35. The van der Waals surface area contributed by atoms with Crippen molar-refractivity contribution in [2.24, 2.45) is 11.1 Å². The predicted octanol–water partition coefficient (Wildman–Crippen LogP) is 2.01. The first-order valence-corrected chi connectivity index (χ1v) is 5.68. The van der Waals surface area contributed by atoms with E-state index in [1.807, 2.05) is 6.92 Å². The van der Waals surface area contributed by atoms with E-state index >= 15 is 0 Å². The first-order chi connectivity index (χ1) is 8.48. The van der Waals surface area contributed by atoms with Crippen molar-refractivity contribution in [1.29, 1.82) is 5.26 Å². The molecule has 0 aliphatic rings. The van der Waals surface area contributed by atoms with E-state index in [1.165, 1.54) is 18.2 Å². The number of hydrogen-bond acceptors (Lipinski definition) is 3. The average molecular weight is 249 g/mol. The molecule has 1 amide bonds. The highest BCUT2D eigenvalue weighted by molar-refractivity contribution is 5.96. The lowest BCUT2D eigenvalue weighted by Gasteiger charge is -2.25. The minimum Gasteiger partial charge on any atom is -0.329 e. The monoisotopic (exact) mass is 249 g/mol. The summed E-state index contributed by atoms with van der Waals surface area (Å²) >= 11 is 0. The highest BCUT2D eigenvalue weighted by Gasteiger charge is 2.30. The lowest BCUT2D eigenvalue weighted by molar-refractivity contribution is -0.124. The van der Waals surface area contributed by atoms with E-state index < -0.39 is 11.2 Å². The Labute approximate surface area is 106 Å². The van der Waals surface area contributed by atoms with Gasteiger partial charge in [-0.25, -0.2) is 4.39 Å². The Morgan fingerprint density at radius 3 is 2.78 bits per heavy atom. The van der Waals surface area contributed by atoms with Crippen molar-refractivity contribution < 1.29 is 9.18 Å². The van der Waals surface area contributed by atoms with Gasteiger partial charge < -0.3 is 11.1 Å². The topological polar surface area (TPSA) is 78.9 Å². The van der Waals surface area contributed by atoms with Gasteiger partial charge in [0.05, 0.1) is 11.1 Å². The van der Waals surface area contributed by atoms with Gasteiger partial charge in [0.25, 0.3) is 0 Å². The zero-order valence-electron chi connectivity index (χ0n) is 10.5. The van der Waals surface area contributed by atoms with Crippen LogP contribution in [0.15, 0.2) is 18.2 Å². The van der Waals surface area contributed by atoms with Gasteiger partial charge >= 0.3 is 0 Å². The van der Waals surface area contributed by atoms with Gasteiger partial charge in [-0.1, -0.05) is 13.0 Å². The third-order valence-electron chi connectivity index (χ3n) is 3.15. The molecule has 0 bridgehead atoms.